The van der Waals surface area contributed by atoms with Crippen LogP contribution in [0.15, 0.2) is 88.7 Å². The summed E-state index contributed by atoms with van der Waals surface area (Å²) in [5.41, 5.74) is 7.91. The number of halogens is 2. The van der Waals surface area contributed by atoms with Gasteiger partial charge in [-0.1, -0.05) is 41.9 Å². The van der Waals surface area contributed by atoms with Gasteiger partial charge in [-0.05, 0) is 61.5 Å². The van der Waals surface area contributed by atoms with Crippen molar-refractivity contribution >= 4 is 46.3 Å². The van der Waals surface area contributed by atoms with Crippen LogP contribution < -0.4 is 10.6 Å². The number of hydrogen-bond acceptors (Lipinski definition) is 8. The molecule has 0 amide bonds. The molecule has 10 heteroatoms. The van der Waals surface area contributed by atoms with E-state index in [0.29, 0.717) is 16.3 Å². The Morgan fingerprint density at radius 3 is 2.39 bits per heavy atom. The number of ether oxygens (including phenoxy) is 2. The van der Waals surface area contributed by atoms with E-state index in [0.717, 1.165) is 4.88 Å². The molecule has 2 heterocycles. The first-order chi connectivity index (χ1) is 19.8. The molecule has 1 aliphatic carbocycles. The predicted molar refractivity (Wildman–Crippen MR) is 155 cm³/mol. The number of anilines is 1. The number of carbonyl (C=O) groups excluding carboxylic acids is 3. The summed E-state index contributed by atoms with van der Waals surface area (Å²) in [4.78, 5) is 43.8. The number of ketones is 1. The summed E-state index contributed by atoms with van der Waals surface area (Å²) in [6.07, 6.45) is 0.167. The molecule has 2 aromatic carbocycles. The fourth-order valence-corrected chi connectivity index (χ4v) is 6.60. The van der Waals surface area contributed by atoms with E-state index in [2.05, 4.69) is 0 Å². The Morgan fingerprint density at radius 2 is 1.76 bits per heavy atom. The first-order valence-electron chi connectivity index (χ1n) is 13.2. The molecule has 0 unspecified atom stereocenters. The first kappa shape index (κ1) is 28.6. The van der Waals surface area contributed by atoms with Crippen molar-refractivity contribution in [2.75, 3.05) is 18.1 Å². The second-order valence-electron chi connectivity index (χ2n) is 9.57. The van der Waals surface area contributed by atoms with Crippen molar-refractivity contribution in [2.24, 2.45) is 11.7 Å². The smallest absolute Gasteiger partial charge is 0.338 e. The molecule has 7 nitrogen and oxygen atoms in total. The maximum absolute atomic E-state index is 15.4. The quantitative estimate of drug-likeness (QED) is 0.262. The molecule has 1 aliphatic heterocycles. The summed E-state index contributed by atoms with van der Waals surface area (Å²) >= 11 is 7.59. The Hall–Kier alpha value is -3.95. The molecule has 0 fully saturated rings. The van der Waals surface area contributed by atoms with Gasteiger partial charge < -0.3 is 15.2 Å². The maximum Gasteiger partial charge on any atom is 0.338 e. The van der Waals surface area contributed by atoms with E-state index in [1.165, 1.54) is 34.4 Å². The number of thiophene rings is 1. The van der Waals surface area contributed by atoms with Gasteiger partial charge in [0.2, 0.25) is 0 Å². The largest absolute Gasteiger partial charge is 0.465 e. The summed E-state index contributed by atoms with van der Waals surface area (Å²) in [6.45, 7) is 3.47. The van der Waals surface area contributed by atoms with Gasteiger partial charge >= 0.3 is 11.9 Å². The molecule has 3 aromatic rings. The van der Waals surface area contributed by atoms with Crippen LogP contribution in [0.5, 0.6) is 0 Å². The van der Waals surface area contributed by atoms with E-state index in [4.69, 9.17) is 26.8 Å². The Bertz CT molecular complexity index is 1550. The average molecular weight is 595 g/mol. The molecule has 3 atom stereocenters. The van der Waals surface area contributed by atoms with E-state index in [1.807, 2.05) is 17.5 Å². The molecule has 0 spiro atoms. The molecular weight excluding hydrogens is 567 g/mol. The van der Waals surface area contributed by atoms with E-state index < -0.39 is 41.3 Å². The summed E-state index contributed by atoms with van der Waals surface area (Å²) in [7, 11) is 0. The molecular formula is C31H28ClFN2O5S. The fraction of sp³-hybridized carbons (Fsp3) is 0.258. The molecule has 41 heavy (non-hydrogen) atoms. The van der Waals surface area contributed by atoms with Crippen molar-refractivity contribution in [3.05, 3.63) is 110 Å². The summed E-state index contributed by atoms with van der Waals surface area (Å²) in [5, 5.41) is 2.32. The highest BCUT2D eigenvalue weighted by molar-refractivity contribution is 7.10. The molecule has 5 rings (SSSR count). The SMILES string of the molecule is CCOC(=O)C1=C(N)N(c2ccccc2F)C2=C(C(=O)[C@H](C(=O)OCC)[C@@H](c3cccs3)C2)[C@@H]1c1ccc(Cl)cc1. The Kier molecular flexibility index (Phi) is 8.28. The van der Waals surface area contributed by atoms with Crippen molar-refractivity contribution in [2.45, 2.75) is 32.1 Å². The monoisotopic (exact) mass is 594 g/mol. The van der Waals surface area contributed by atoms with Gasteiger partial charge in [0, 0.05) is 27.1 Å². The van der Waals surface area contributed by atoms with Gasteiger partial charge in [-0.15, -0.1) is 11.3 Å². The standard InChI is InChI=1S/C31H28ClFN2O5S/c1-3-39-30(37)25-19(23-10-7-15-41-23)16-22-26(28(25)36)24(17-11-13-18(32)14-12-17)27(31(38)40-4-2)29(34)35(22)21-9-6-5-8-20(21)33/h5-15,19,24-25H,3-4,16,34H2,1-2H3/t19-,24+,25-/m1/s1. The fourth-order valence-electron chi connectivity index (χ4n) is 5.61. The third kappa shape index (κ3) is 5.15. The lowest BCUT2D eigenvalue weighted by molar-refractivity contribution is -0.152. The minimum absolute atomic E-state index is 0.0262. The van der Waals surface area contributed by atoms with Crippen LogP contribution in [0.2, 0.25) is 5.02 Å². The van der Waals surface area contributed by atoms with Crippen LogP contribution in [0.1, 0.15) is 42.5 Å². The van der Waals surface area contributed by atoms with E-state index in [1.54, 1.807) is 44.2 Å². The molecule has 0 saturated heterocycles. The van der Waals surface area contributed by atoms with Crippen molar-refractivity contribution < 1.29 is 28.2 Å². The van der Waals surface area contributed by atoms with Crippen molar-refractivity contribution in [3.63, 3.8) is 0 Å². The zero-order valence-electron chi connectivity index (χ0n) is 22.4. The molecule has 212 valence electrons. The van der Waals surface area contributed by atoms with Gasteiger partial charge in [-0.3, -0.25) is 14.5 Å². The highest BCUT2D eigenvalue weighted by Gasteiger charge is 2.51. The Labute approximate surface area is 246 Å². The van der Waals surface area contributed by atoms with Crippen LogP contribution in [-0.2, 0) is 23.9 Å². The number of carbonyl (C=O) groups is 3. The zero-order chi connectivity index (χ0) is 29.3. The molecule has 2 aliphatic rings. The highest BCUT2D eigenvalue weighted by atomic mass is 35.5. The average Bonchev–Trinajstić information content (AvgIpc) is 3.49. The zero-order valence-corrected chi connectivity index (χ0v) is 24.0. The normalized spacial score (nSPS) is 20.6. The third-order valence-electron chi connectivity index (χ3n) is 7.28. The van der Waals surface area contributed by atoms with Crippen LogP contribution in [-0.4, -0.2) is 30.9 Å². The minimum Gasteiger partial charge on any atom is -0.465 e. The number of esters is 2. The maximum atomic E-state index is 15.4. The van der Waals surface area contributed by atoms with Crippen LogP contribution >= 0.6 is 22.9 Å². The van der Waals surface area contributed by atoms with Crippen LogP contribution in [0.4, 0.5) is 10.1 Å². The van der Waals surface area contributed by atoms with Crippen molar-refractivity contribution in [3.8, 4) is 0 Å². The molecule has 0 bridgehead atoms. The van der Waals surface area contributed by atoms with E-state index in [9.17, 15) is 14.4 Å². The number of allylic oxidation sites excluding steroid dienone is 2. The lowest BCUT2D eigenvalue weighted by atomic mass is 9.68. The number of rotatable bonds is 7. The van der Waals surface area contributed by atoms with Crippen molar-refractivity contribution in [1.29, 1.82) is 0 Å². The highest BCUT2D eigenvalue weighted by Crippen LogP contribution is 2.52. The van der Waals surface area contributed by atoms with Gasteiger partial charge in [0.05, 0.1) is 30.4 Å². The minimum atomic E-state index is -1.17. The van der Waals surface area contributed by atoms with Gasteiger partial charge in [0.1, 0.15) is 17.6 Å². The number of nitrogens with zero attached hydrogens (tertiary/aromatic N) is 1. The number of Topliss-reactive ketones (excluding diaryl/α,β-unsaturated/α-hetero) is 1. The van der Waals surface area contributed by atoms with Gasteiger partial charge in [0.25, 0.3) is 0 Å². The second kappa shape index (κ2) is 11.9. The lowest BCUT2D eigenvalue weighted by Crippen LogP contribution is -2.46. The molecule has 2 N–H and O–H groups in total. The topological polar surface area (TPSA) is 98.9 Å². The molecule has 0 saturated carbocycles. The number of nitrogens with two attached hydrogens (primary N) is 1. The first-order valence-corrected chi connectivity index (χ1v) is 14.5. The summed E-state index contributed by atoms with van der Waals surface area (Å²) in [5.74, 6) is -5.32. The van der Waals surface area contributed by atoms with Crippen LogP contribution in [0, 0.1) is 11.7 Å². The number of hydrogen-bond donors (Lipinski definition) is 1. The van der Waals surface area contributed by atoms with Gasteiger partial charge in [-0.25, -0.2) is 9.18 Å². The molecule has 0 radical (unpaired) electrons. The summed E-state index contributed by atoms with van der Waals surface area (Å²) in [6, 6.07) is 16.4. The van der Waals surface area contributed by atoms with Crippen LogP contribution in [0.3, 0.4) is 0 Å². The summed E-state index contributed by atoms with van der Waals surface area (Å²) < 4.78 is 26.2. The second-order valence-corrected chi connectivity index (χ2v) is 11.0. The predicted octanol–water partition coefficient (Wildman–Crippen LogP) is 6.07. The third-order valence-corrected chi connectivity index (χ3v) is 8.54. The van der Waals surface area contributed by atoms with E-state index >= 15 is 4.39 Å². The van der Waals surface area contributed by atoms with E-state index in [-0.39, 0.29) is 42.3 Å². The van der Waals surface area contributed by atoms with Gasteiger partial charge in [0.15, 0.2) is 5.78 Å². The Balaban J connectivity index is 1.82. The van der Waals surface area contributed by atoms with Crippen molar-refractivity contribution in [1.82, 2.24) is 0 Å². The van der Waals surface area contributed by atoms with Gasteiger partial charge in [-0.2, -0.15) is 0 Å². The number of benzene rings is 2. The molecule has 1 aromatic heterocycles. The van der Waals surface area contributed by atoms with Crippen LogP contribution in [0.25, 0.3) is 0 Å². The Morgan fingerprint density at radius 1 is 1.05 bits per heavy atom. The lowest BCUT2D eigenvalue weighted by Gasteiger charge is -2.43. The number of para-hydroxylation sites is 1.